The van der Waals surface area contributed by atoms with Crippen LogP contribution in [0.2, 0.25) is 0 Å². The standard InChI is InChI=1S/C30H38BN3O7/c1-29(2)20-12-22(29)30(3)23(13-20)40-31(41-30)24-5-4-8-34(24)27(37)21-10-18(26(36)32-21)11-25(35)33-14-17-7-6-16(28(38)39)9-19(17)15-33/h6-7,9,18,20-24H,4-5,8,10-15H2,1-3H3,(H,32,36)(H,38,39)/t18-,20-,21-,22-,23+,24-,30-/m0/s1. The van der Waals surface area contributed by atoms with Crippen LogP contribution in [-0.2, 0) is 36.8 Å². The van der Waals surface area contributed by atoms with Crippen molar-refractivity contribution < 1.29 is 33.6 Å². The third kappa shape index (κ3) is 4.13. The highest BCUT2D eigenvalue weighted by Crippen LogP contribution is 2.66. The van der Waals surface area contributed by atoms with Gasteiger partial charge >= 0.3 is 13.1 Å². The number of likely N-dealkylation sites (tertiary alicyclic amines) is 1. The normalized spacial score (nSPS) is 36.6. The second-order valence-electron chi connectivity index (χ2n) is 13.8. The minimum atomic E-state index is -1.00. The molecule has 11 heteroatoms. The Labute approximate surface area is 240 Å². The van der Waals surface area contributed by atoms with Crippen LogP contribution in [0.15, 0.2) is 18.2 Å². The number of fused-ring (bicyclic) bond motifs is 1. The van der Waals surface area contributed by atoms with E-state index in [2.05, 4.69) is 26.1 Å². The average Bonchev–Trinajstić information content (AvgIpc) is 3.71. The summed E-state index contributed by atoms with van der Waals surface area (Å²) >= 11 is 0. The van der Waals surface area contributed by atoms with Crippen LogP contribution in [0.25, 0.3) is 0 Å². The maximum atomic E-state index is 13.7. The number of aromatic carboxylic acids is 1. The molecule has 0 aromatic heterocycles. The summed E-state index contributed by atoms with van der Waals surface area (Å²) in [5.41, 5.74) is 1.83. The lowest BCUT2D eigenvalue weighted by Crippen LogP contribution is -2.65. The van der Waals surface area contributed by atoms with E-state index in [9.17, 15) is 24.3 Å². The van der Waals surface area contributed by atoms with Crippen LogP contribution in [0.1, 0.15) is 80.8 Å². The number of hydrogen-bond acceptors (Lipinski definition) is 6. The van der Waals surface area contributed by atoms with Gasteiger partial charge in [-0.3, -0.25) is 14.4 Å². The summed E-state index contributed by atoms with van der Waals surface area (Å²) in [6, 6.07) is 4.22. The summed E-state index contributed by atoms with van der Waals surface area (Å²) < 4.78 is 13.2. The summed E-state index contributed by atoms with van der Waals surface area (Å²) in [4.78, 5) is 54.5. The van der Waals surface area contributed by atoms with Gasteiger partial charge in [0.1, 0.15) is 6.04 Å². The first-order valence-corrected chi connectivity index (χ1v) is 15.0. The monoisotopic (exact) mass is 563 g/mol. The molecular formula is C30H38BN3O7. The third-order valence-electron chi connectivity index (χ3n) is 11.3. The fourth-order valence-electron chi connectivity index (χ4n) is 8.73. The highest BCUT2D eigenvalue weighted by Gasteiger charge is 2.69. The van der Waals surface area contributed by atoms with Crippen molar-refractivity contribution in [2.75, 3.05) is 6.54 Å². The van der Waals surface area contributed by atoms with Gasteiger partial charge in [-0.1, -0.05) is 19.9 Å². The van der Waals surface area contributed by atoms with Crippen LogP contribution < -0.4 is 5.32 Å². The van der Waals surface area contributed by atoms with E-state index >= 15 is 0 Å². The molecule has 7 atom stereocenters. The van der Waals surface area contributed by atoms with Crippen molar-refractivity contribution in [1.82, 2.24) is 15.1 Å². The summed E-state index contributed by atoms with van der Waals surface area (Å²) in [7, 11) is -0.459. The Hall–Kier alpha value is -2.92. The van der Waals surface area contributed by atoms with Gasteiger partial charge in [-0.25, -0.2) is 4.79 Å². The van der Waals surface area contributed by atoms with Crippen molar-refractivity contribution in [3.63, 3.8) is 0 Å². The van der Waals surface area contributed by atoms with E-state index in [0.717, 1.165) is 30.4 Å². The SMILES string of the molecule is CC1(C)[C@@H]2C[C@H]3OB([C@@H]4CCCN4C(=O)[C@@H]4C[C@@H](CC(=O)N5Cc6ccc(C(=O)O)cc6C5)C(=O)N4)O[C@@]3(C)[C@H]1C2. The van der Waals surface area contributed by atoms with Crippen LogP contribution in [0.4, 0.5) is 0 Å². The number of carbonyl (C=O) groups is 4. The Kier molecular flexibility index (Phi) is 6.11. The summed E-state index contributed by atoms with van der Waals surface area (Å²) in [6.45, 7) is 8.16. The van der Waals surface area contributed by atoms with Crippen LogP contribution >= 0.6 is 0 Å². The van der Waals surface area contributed by atoms with Gasteiger partial charge in [-0.05, 0) is 79.5 Å². The van der Waals surface area contributed by atoms with Crippen molar-refractivity contribution in [3.8, 4) is 0 Å². The number of rotatable bonds is 5. The lowest BCUT2D eigenvalue weighted by molar-refractivity contribution is -0.199. The van der Waals surface area contributed by atoms with Crippen molar-refractivity contribution in [2.24, 2.45) is 23.2 Å². The number of benzene rings is 1. The highest BCUT2D eigenvalue weighted by atomic mass is 16.7. The van der Waals surface area contributed by atoms with Crippen LogP contribution in [-0.4, -0.2) is 75.9 Å². The van der Waals surface area contributed by atoms with Gasteiger partial charge in [0, 0.05) is 32.0 Å². The number of carboxylic acid groups (broad SMARTS) is 1. The molecule has 3 amide bonds. The molecule has 0 radical (unpaired) electrons. The quantitative estimate of drug-likeness (QED) is 0.527. The Bertz CT molecular complexity index is 1330. The Morgan fingerprint density at radius 3 is 2.66 bits per heavy atom. The van der Waals surface area contributed by atoms with Gasteiger partial charge in [0.2, 0.25) is 17.7 Å². The summed E-state index contributed by atoms with van der Waals surface area (Å²) in [6.07, 6.45) is 4.18. The molecule has 3 saturated carbocycles. The van der Waals surface area contributed by atoms with Crippen molar-refractivity contribution in [1.29, 1.82) is 0 Å². The van der Waals surface area contributed by atoms with Crippen LogP contribution in [0.5, 0.6) is 0 Å². The smallest absolute Gasteiger partial charge is 0.478 e. The molecule has 10 nitrogen and oxygen atoms in total. The lowest BCUT2D eigenvalue weighted by Gasteiger charge is -2.64. The largest absolute Gasteiger partial charge is 0.481 e. The molecule has 2 bridgehead atoms. The predicted octanol–water partition coefficient (Wildman–Crippen LogP) is 2.38. The second-order valence-corrected chi connectivity index (χ2v) is 13.8. The molecule has 8 rings (SSSR count). The maximum Gasteiger partial charge on any atom is 0.481 e. The fourth-order valence-corrected chi connectivity index (χ4v) is 8.73. The molecule has 3 saturated heterocycles. The number of carbonyl (C=O) groups excluding carboxylic acids is 3. The average molecular weight is 563 g/mol. The van der Waals surface area contributed by atoms with Gasteiger partial charge in [0.15, 0.2) is 0 Å². The number of nitrogens with zero attached hydrogens (tertiary/aromatic N) is 2. The molecule has 2 N–H and O–H groups in total. The van der Waals surface area contributed by atoms with Crippen LogP contribution in [0, 0.1) is 23.2 Å². The molecule has 3 aliphatic carbocycles. The highest BCUT2D eigenvalue weighted by molar-refractivity contribution is 6.48. The Morgan fingerprint density at radius 1 is 1.12 bits per heavy atom. The minimum Gasteiger partial charge on any atom is -0.478 e. The predicted molar refractivity (Wildman–Crippen MR) is 147 cm³/mol. The van der Waals surface area contributed by atoms with Crippen molar-refractivity contribution >= 4 is 30.8 Å². The zero-order valence-electron chi connectivity index (χ0n) is 23.9. The van der Waals surface area contributed by atoms with Gasteiger partial charge in [-0.2, -0.15) is 0 Å². The van der Waals surface area contributed by atoms with E-state index in [4.69, 9.17) is 9.31 Å². The van der Waals surface area contributed by atoms with E-state index in [1.54, 1.807) is 23.1 Å². The molecule has 1 aromatic rings. The molecule has 0 spiro atoms. The van der Waals surface area contributed by atoms with E-state index in [1.807, 2.05) is 4.90 Å². The second kappa shape index (κ2) is 9.29. The van der Waals surface area contributed by atoms with Gasteiger partial charge in [-0.15, -0.1) is 0 Å². The third-order valence-corrected chi connectivity index (χ3v) is 11.3. The molecule has 0 unspecified atom stereocenters. The number of nitrogens with one attached hydrogen (secondary N) is 1. The number of amides is 3. The van der Waals surface area contributed by atoms with Gasteiger partial charge in [0.25, 0.3) is 0 Å². The Balaban J connectivity index is 0.972. The molecule has 4 heterocycles. The van der Waals surface area contributed by atoms with Crippen molar-refractivity contribution in [3.05, 3.63) is 34.9 Å². The zero-order valence-corrected chi connectivity index (χ0v) is 23.9. The first-order valence-electron chi connectivity index (χ1n) is 15.0. The molecule has 41 heavy (non-hydrogen) atoms. The number of carboxylic acids is 1. The summed E-state index contributed by atoms with van der Waals surface area (Å²) in [5.74, 6) is -1.23. The summed E-state index contributed by atoms with van der Waals surface area (Å²) in [5, 5.41) is 12.1. The van der Waals surface area contributed by atoms with Crippen molar-refractivity contribution in [2.45, 2.75) is 96.1 Å². The Morgan fingerprint density at radius 2 is 1.90 bits per heavy atom. The first-order chi connectivity index (χ1) is 19.5. The van der Waals surface area contributed by atoms with E-state index < -0.39 is 25.0 Å². The first kappa shape index (κ1) is 27.0. The molecule has 1 aromatic carbocycles. The van der Waals surface area contributed by atoms with E-state index in [0.29, 0.717) is 31.5 Å². The van der Waals surface area contributed by atoms with Crippen LogP contribution in [0.3, 0.4) is 0 Å². The molecule has 4 aliphatic heterocycles. The fraction of sp³-hybridized carbons (Fsp3) is 0.667. The van der Waals surface area contributed by atoms with Gasteiger partial charge in [0.05, 0.1) is 23.2 Å². The zero-order chi connectivity index (χ0) is 28.8. The minimum absolute atomic E-state index is 0.0199. The number of hydrogen-bond donors (Lipinski definition) is 2. The van der Waals surface area contributed by atoms with E-state index in [1.165, 1.54) is 6.42 Å². The molecule has 218 valence electrons. The lowest BCUT2D eigenvalue weighted by atomic mass is 9.43. The van der Waals surface area contributed by atoms with E-state index in [-0.39, 0.29) is 59.2 Å². The maximum absolute atomic E-state index is 13.7. The molecule has 6 fully saturated rings. The topological polar surface area (TPSA) is 125 Å². The molecular weight excluding hydrogens is 525 g/mol. The van der Waals surface area contributed by atoms with Gasteiger partial charge < -0.3 is 29.5 Å². The molecule has 7 aliphatic rings.